The summed E-state index contributed by atoms with van der Waals surface area (Å²) in [5, 5.41) is 12.1. The van der Waals surface area contributed by atoms with E-state index in [-0.39, 0.29) is 0 Å². The molecule has 1 rings (SSSR count). The number of aliphatic carboxylic acids is 1. The number of carbonyl (C=O) groups is 1. The van der Waals surface area contributed by atoms with Gasteiger partial charge in [-0.2, -0.15) is 0 Å². The Hall–Kier alpha value is -1.61. The van der Waals surface area contributed by atoms with E-state index in [1.54, 1.807) is 6.08 Å². The molecule has 3 heteroatoms. The molecule has 0 fully saturated rings. The van der Waals surface area contributed by atoms with Gasteiger partial charge in [-0.1, -0.05) is 44.2 Å². The quantitative estimate of drug-likeness (QED) is 0.575. The third-order valence-corrected chi connectivity index (χ3v) is 2.91. The first-order chi connectivity index (χ1) is 8.67. The zero-order valence-corrected chi connectivity index (χ0v) is 11.1. The van der Waals surface area contributed by atoms with Gasteiger partial charge in [0.25, 0.3) is 0 Å². The maximum atomic E-state index is 10.8. The lowest BCUT2D eigenvalue weighted by Crippen LogP contribution is -2.14. The Kier molecular flexibility index (Phi) is 6.15. The monoisotopic (exact) mass is 247 g/mol. The summed E-state index contributed by atoms with van der Waals surface area (Å²) in [5.41, 5.74) is 3.01. The zero-order chi connectivity index (χ0) is 13.4. The normalized spacial score (nSPS) is 11.6. The van der Waals surface area contributed by atoms with Crippen LogP contribution < -0.4 is 5.32 Å². The molecule has 0 atom stereocenters. The van der Waals surface area contributed by atoms with Crippen molar-refractivity contribution in [2.45, 2.75) is 33.2 Å². The summed E-state index contributed by atoms with van der Waals surface area (Å²) in [6.07, 6.45) is 3.35. The Morgan fingerprint density at radius 1 is 1.22 bits per heavy atom. The predicted molar refractivity (Wildman–Crippen MR) is 73.5 cm³/mol. The van der Waals surface area contributed by atoms with Crippen molar-refractivity contribution in [1.29, 1.82) is 0 Å². The highest BCUT2D eigenvalue weighted by molar-refractivity contribution is 5.86. The average Bonchev–Trinajstić information content (AvgIpc) is 2.39. The van der Waals surface area contributed by atoms with Gasteiger partial charge in [-0.15, -0.1) is 0 Å². The molecular weight excluding hydrogens is 226 g/mol. The first-order valence-electron chi connectivity index (χ1n) is 6.38. The lowest BCUT2D eigenvalue weighted by Gasteiger charge is -2.04. The lowest BCUT2D eigenvalue weighted by atomic mass is 10.1. The molecule has 0 aliphatic carbocycles. The topological polar surface area (TPSA) is 49.3 Å². The van der Waals surface area contributed by atoms with Crippen LogP contribution in [-0.2, 0) is 17.8 Å². The van der Waals surface area contributed by atoms with Gasteiger partial charge in [-0.3, -0.25) is 0 Å². The summed E-state index contributed by atoms with van der Waals surface area (Å²) < 4.78 is 0. The van der Waals surface area contributed by atoms with Gasteiger partial charge in [0.2, 0.25) is 0 Å². The van der Waals surface area contributed by atoms with Crippen LogP contribution in [0.5, 0.6) is 0 Å². The van der Waals surface area contributed by atoms with Crippen LogP contribution in [0.2, 0.25) is 0 Å². The van der Waals surface area contributed by atoms with Crippen molar-refractivity contribution >= 4 is 5.97 Å². The van der Waals surface area contributed by atoms with E-state index in [2.05, 4.69) is 36.5 Å². The van der Waals surface area contributed by atoms with Crippen molar-refractivity contribution in [1.82, 2.24) is 5.32 Å². The second-order valence-corrected chi connectivity index (χ2v) is 4.19. The van der Waals surface area contributed by atoms with E-state index in [1.807, 2.05) is 6.92 Å². The molecule has 0 unspecified atom stereocenters. The van der Waals surface area contributed by atoms with Crippen LogP contribution in [0.1, 0.15) is 31.4 Å². The average molecular weight is 247 g/mol. The van der Waals surface area contributed by atoms with Gasteiger partial charge in [-0.05, 0) is 24.0 Å². The molecule has 0 aromatic heterocycles. The van der Waals surface area contributed by atoms with Gasteiger partial charge in [0.1, 0.15) is 0 Å². The molecule has 0 saturated heterocycles. The van der Waals surface area contributed by atoms with E-state index in [0.717, 1.165) is 13.0 Å². The zero-order valence-electron chi connectivity index (χ0n) is 11.1. The minimum atomic E-state index is -0.827. The first kappa shape index (κ1) is 14.5. The summed E-state index contributed by atoms with van der Waals surface area (Å²) in [5.74, 6) is -0.827. The Bertz CT molecular complexity index is 407. The lowest BCUT2D eigenvalue weighted by molar-refractivity contribution is -0.132. The van der Waals surface area contributed by atoms with Gasteiger partial charge in [0.15, 0.2) is 0 Å². The van der Waals surface area contributed by atoms with Gasteiger partial charge >= 0.3 is 5.97 Å². The van der Waals surface area contributed by atoms with E-state index in [9.17, 15) is 4.79 Å². The van der Waals surface area contributed by atoms with E-state index < -0.39 is 5.97 Å². The maximum absolute atomic E-state index is 10.8. The predicted octanol–water partition coefficient (Wildman–Crippen LogP) is 2.76. The molecule has 18 heavy (non-hydrogen) atoms. The van der Waals surface area contributed by atoms with Crippen molar-refractivity contribution in [3.8, 4) is 0 Å². The summed E-state index contributed by atoms with van der Waals surface area (Å²) in [7, 11) is 0. The van der Waals surface area contributed by atoms with Crippen LogP contribution in [0.25, 0.3) is 0 Å². The van der Waals surface area contributed by atoms with Crippen LogP contribution in [0, 0.1) is 0 Å². The molecule has 0 radical (unpaired) electrons. The fourth-order valence-electron chi connectivity index (χ4n) is 1.69. The molecule has 1 aromatic rings. The van der Waals surface area contributed by atoms with Crippen LogP contribution in [0.4, 0.5) is 0 Å². The number of carboxylic acids is 1. The maximum Gasteiger partial charge on any atom is 0.331 e. The van der Waals surface area contributed by atoms with Crippen LogP contribution in [-0.4, -0.2) is 17.6 Å². The number of aryl methyl sites for hydroxylation is 1. The van der Waals surface area contributed by atoms with E-state index in [0.29, 0.717) is 18.5 Å². The van der Waals surface area contributed by atoms with E-state index >= 15 is 0 Å². The van der Waals surface area contributed by atoms with Gasteiger partial charge < -0.3 is 10.4 Å². The molecule has 3 nitrogen and oxygen atoms in total. The van der Waals surface area contributed by atoms with Crippen molar-refractivity contribution in [2.24, 2.45) is 0 Å². The molecule has 2 N–H and O–H groups in total. The Labute approximate surface area is 109 Å². The number of rotatable bonds is 7. The van der Waals surface area contributed by atoms with E-state index in [4.69, 9.17) is 5.11 Å². The number of nitrogens with one attached hydrogen (secondary N) is 1. The Morgan fingerprint density at radius 3 is 2.33 bits per heavy atom. The van der Waals surface area contributed by atoms with Crippen molar-refractivity contribution in [3.63, 3.8) is 0 Å². The van der Waals surface area contributed by atoms with E-state index in [1.165, 1.54) is 11.1 Å². The highest BCUT2D eigenvalue weighted by atomic mass is 16.4. The number of hydrogen-bond acceptors (Lipinski definition) is 2. The minimum Gasteiger partial charge on any atom is -0.478 e. The molecule has 0 bridgehead atoms. The molecular formula is C15H21NO2. The molecule has 0 aliphatic rings. The highest BCUT2D eigenvalue weighted by Crippen LogP contribution is 2.05. The third-order valence-electron chi connectivity index (χ3n) is 2.91. The summed E-state index contributed by atoms with van der Waals surface area (Å²) in [6.45, 7) is 5.34. The number of benzene rings is 1. The summed E-state index contributed by atoms with van der Waals surface area (Å²) in [4.78, 5) is 10.8. The second-order valence-electron chi connectivity index (χ2n) is 4.19. The number of carboxylic acid groups (broad SMARTS) is 1. The highest BCUT2D eigenvalue weighted by Gasteiger charge is 2.02. The molecule has 0 aliphatic heterocycles. The molecule has 0 heterocycles. The molecule has 98 valence electrons. The van der Waals surface area contributed by atoms with Gasteiger partial charge in [0, 0.05) is 18.7 Å². The van der Waals surface area contributed by atoms with Crippen LogP contribution in [0.3, 0.4) is 0 Å². The molecule has 1 aromatic carbocycles. The fourth-order valence-corrected chi connectivity index (χ4v) is 1.69. The Balaban J connectivity index is 2.39. The second kappa shape index (κ2) is 7.67. The van der Waals surface area contributed by atoms with Crippen molar-refractivity contribution in [3.05, 3.63) is 47.0 Å². The van der Waals surface area contributed by atoms with Crippen LogP contribution in [0.15, 0.2) is 35.9 Å². The summed E-state index contributed by atoms with van der Waals surface area (Å²) >= 11 is 0. The molecule has 0 amide bonds. The molecule has 0 spiro atoms. The minimum absolute atomic E-state index is 0.462. The first-order valence-corrected chi connectivity index (χ1v) is 6.38. The standard InChI is InChI=1S/C15H21NO2/c1-3-12-5-7-13(8-6-12)11-16-10-9-14(4-2)15(17)18/h5-9,16H,3-4,10-11H2,1-2H3,(H,17,18)/b14-9-. The van der Waals surface area contributed by atoms with Crippen molar-refractivity contribution in [2.75, 3.05) is 6.54 Å². The fraction of sp³-hybridized carbons (Fsp3) is 0.400. The largest absolute Gasteiger partial charge is 0.478 e. The third kappa shape index (κ3) is 4.72. The van der Waals surface area contributed by atoms with Gasteiger partial charge in [0.05, 0.1) is 0 Å². The van der Waals surface area contributed by atoms with Crippen LogP contribution >= 0.6 is 0 Å². The number of hydrogen-bond donors (Lipinski definition) is 2. The van der Waals surface area contributed by atoms with Crippen molar-refractivity contribution < 1.29 is 9.90 Å². The molecule has 0 saturated carbocycles. The Morgan fingerprint density at radius 2 is 1.83 bits per heavy atom. The summed E-state index contributed by atoms with van der Waals surface area (Å²) in [6, 6.07) is 8.46. The van der Waals surface area contributed by atoms with Gasteiger partial charge in [-0.25, -0.2) is 4.79 Å². The smallest absolute Gasteiger partial charge is 0.331 e. The SMILES string of the molecule is CC/C(=C/CNCc1ccc(CC)cc1)C(=O)O.